The SMILES string of the molecule is COc1ccc(C(C)N)c(OCc2ccc(Br)s2)c1. The van der Waals surface area contributed by atoms with Gasteiger partial charge in [0.05, 0.1) is 10.9 Å². The van der Waals surface area contributed by atoms with Crippen LogP contribution in [0.25, 0.3) is 0 Å². The third-order valence-electron chi connectivity index (χ3n) is 2.71. The summed E-state index contributed by atoms with van der Waals surface area (Å²) in [5.74, 6) is 1.55. The Labute approximate surface area is 125 Å². The van der Waals surface area contributed by atoms with Gasteiger partial charge in [0.25, 0.3) is 0 Å². The van der Waals surface area contributed by atoms with Gasteiger partial charge in [0.1, 0.15) is 18.1 Å². The number of halogens is 1. The molecule has 0 saturated carbocycles. The lowest BCUT2D eigenvalue weighted by Gasteiger charge is -2.14. The summed E-state index contributed by atoms with van der Waals surface area (Å²) in [6.45, 7) is 2.47. The van der Waals surface area contributed by atoms with Crippen molar-refractivity contribution in [2.24, 2.45) is 5.73 Å². The molecule has 1 heterocycles. The van der Waals surface area contributed by atoms with E-state index in [1.165, 1.54) is 0 Å². The van der Waals surface area contributed by atoms with E-state index in [-0.39, 0.29) is 6.04 Å². The van der Waals surface area contributed by atoms with E-state index in [4.69, 9.17) is 15.2 Å². The van der Waals surface area contributed by atoms with Gasteiger partial charge in [-0.05, 0) is 41.1 Å². The molecule has 2 N–H and O–H groups in total. The van der Waals surface area contributed by atoms with Crippen molar-refractivity contribution in [3.63, 3.8) is 0 Å². The van der Waals surface area contributed by atoms with Crippen LogP contribution >= 0.6 is 27.3 Å². The highest BCUT2D eigenvalue weighted by Gasteiger charge is 2.10. The fourth-order valence-electron chi connectivity index (χ4n) is 1.72. The Morgan fingerprint density at radius 1 is 1.32 bits per heavy atom. The quantitative estimate of drug-likeness (QED) is 0.889. The van der Waals surface area contributed by atoms with E-state index in [1.54, 1.807) is 18.4 Å². The molecule has 0 fully saturated rings. The van der Waals surface area contributed by atoms with Crippen molar-refractivity contribution in [3.8, 4) is 11.5 Å². The van der Waals surface area contributed by atoms with E-state index >= 15 is 0 Å². The van der Waals surface area contributed by atoms with Crippen LogP contribution in [0, 0.1) is 0 Å². The number of methoxy groups -OCH3 is 1. The fourth-order valence-corrected chi connectivity index (χ4v) is 3.12. The molecule has 0 radical (unpaired) electrons. The molecule has 2 aromatic rings. The van der Waals surface area contributed by atoms with E-state index in [9.17, 15) is 0 Å². The summed E-state index contributed by atoms with van der Waals surface area (Å²) in [6.07, 6.45) is 0. The van der Waals surface area contributed by atoms with Gasteiger partial charge >= 0.3 is 0 Å². The number of ether oxygens (including phenoxy) is 2. The largest absolute Gasteiger partial charge is 0.497 e. The highest BCUT2D eigenvalue weighted by molar-refractivity contribution is 9.11. The van der Waals surface area contributed by atoms with Gasteiger partial charge in [0.15, 0.2) is 0 Å². The molecule has 1 aromatic heterocycles. The second-order valence-corrected chi connectivity index (χ2v) is 6.73. The summed E-state index contributed by atoms with van der Waals surface area (Å²) in [7, 11) is 1.64. The van der Waals surface area contributed by atoms with Gasteiger partial charge in [-0.2, -0.15) is 0 Å². The molecule has 0 amide bonds. The first-order chi connectivity index (χ1) is 9.10. The summed E-state index contributed by atoms with van der Waals surface area (Å²) in [6, 6.07) is 9.70. The standard InChI is InChI=1S/C14H16BrNO2S/c1-9(16)12-5-3-10(17-2)7-13(12)18-8-11-4-6-14(15)19-11/h3-7,9H,8,16H2,1-2H3. The lowest BCUT2D eigenvalue weighted by molar-refractivity contribution is 0.302. The maximum Gasteiger partial charge on any atom is 0.128 e. The summed E-state index contributed by atoms with van der Waals surface area (Å²) < 4.78 is 12.2. The highest BCUT2D eigenvalue weighted by atomic mass is 79.9. The van der Waals surface area contributed by atoms with Crippen molar-refractivity contribution in [1.29, 1.82) is 0 Å². The molecular weight excluding hydrogens is 326 g/mol. The fraction of sp³-hybridized carbons (Fsp3) is 0.286. The van der Waals surface area contributed by atoms with Gasteiger partial charge in [-0.15, -0.1) is 11.3 Å². The zero-order chi connectivity index (χ0) is 13.8. The average molecular weight is 342 g/mol. The maximum atomic E-state index is 5.95. The second kappa shape index (κ2) is 6.41. The molecule has 0 aliphatic heterocycles. The minimum absolute atomic E-state index is 0.0732. The number of nitrogens with two attached hydrogens (primary N) is 1. The Morgan fingerprint density at radius 2 is 2.11 bits per heavy atom. The van der Waals surface area contributed by atoms with Gasteiger partial charge in [-0.3, -0.25) is 0 Å². The summed E-state index contributed by atoms with van der Waals surface area (Å²) in [4.78, 5) is 1.16. The number of hydrogen-bond acceptors (Lipinski definition) is 4. The van der Waals surface area contributed by atoms with Crippen LogP contribution < -0.4 is 15.2 Å². The van der Waals surface area contributed by atoms with Crippen molar-refractivity contribution in [1.82, 2.24) is 0 Å². The van der Waals surface area contributed by atoms with Crippen LogP contribution in [0.1, 0.15) is 23.4 Å². The zero-order valence-electron chi connectivity index (χ0n) is 10.9. The Hall–Kier alpha value is -1.04. The third kappa shape index (κ3) is 3.72. The summed E-state index contributed by atoms with van der Waals surface area (Å²) >= 11 is 5.10. The van der Waals surface area contributed by atoms with Crippen LogP contribution in [0.5, 0.6) is 11.5 Å². The molecule has 5 heteroatoms. The number of benzene rings is 1. The third-order valence-corrected chi connectivity index (χ3v) is 4.31. The molecule has 0 aliphatic rings. The van der Waals surface area contributed by atoms with Gasteiger partial charge in [0.2, 0.25) is 0 Å². The molecular formula is C14H16BrNO2S. The number of rotatable bonds is 5. The van der Waals surface area contributed by atoms with Crippen LogP contribution in [-0.2, 0) is 6.61 Å². The van der Waals surface area contributed by atoms with Crippen molar-refractivity contribution >= 4 is 27.3 Å². The molecule has 1 aromatic carbocycles. The van der Waals surface area contributed by atoms with Crippen LogP contribution in [-0.4, -0.2) is 7.11 Å². The van der Waals surface area contributed by atoms with Crippen molar-refractivity contribution in [2.45, 2.75) is 19.6 Å². The second-order valence-electron chi connectivity index (χ2n) is 4.19. The first kappa shape index (κ1) is 14.4. The van der Waals surface area contributed by atoms with E-state index in [0.29, 0.717) is 6.61 Å². The molecule has 1 atom stereocenters. The van der Waals surface area contributed by atoms with Crippen molar-refractivity contribution in [2.75, 3.05) is 7.11 Å². The van der Waals surface area contributed by atoms with E-state index < -0.39 is 0 Å². The molecule has 3 nitrogen and oxygen atoms in total. The van der Waals surface area contributed by atoms with E-state index in [2.05, 4.69) is 15.9 Å². The first-order valence-corrected chi connectivity index (χ1v) is 7.51. The normalized spacial score (nSPS) is 12.2. The smallest absolute Gasteiger partial charge is 0.128 e. The van der Waals surface area contributed by atoms with Gasteiger partial charge < -0.3 is 15.2 Å². The minimum atomic E-state index is -0.0732. The Bertz CT molecular complexity index is 554. The van der Waals surface area contributed by atoms with E-state index in [0.717, 1.165) is 25.7 Å². The maximum absolute atomic E-state index is 5.95. The van der Waals surface area contributed by atoms with Crippen LogP contribution in [0.4, 0.5) is 0 Å². The summed E-state index contributed by atoms with van der Waals surface area (Å²) in [5, 5.41) is 0. The zero-order valence-corrected chi connectivity index (χ0v) is 13.3. The topological polar surface area (TPSA) is 44.5 Å². The predicted molar refractivity (Wildman–Crippen MR) is 81.9 cm³/mol. The molecule has 0 aliphatic carbocycles. The molecule has 2 rings (SSSR count). The van der Waals surface area contributed by atoms with Crippen molar-refractivity contribution in [3.05, 3.63) is 44.6 Å². The highest BCUT2D eigenvalue weighted by Crippen LogP contribution is 2.30. The molecule has 0 spiro atoms. The summed E-state index contributed by atoms with van der Waals surface area (Å²) in [5.41, 5.74) is 6.94. The van der Waals surface area contributed by atoms with Gasteiger partial charge in [-0.25, -0.2) is 0 Å². The van der Waals surface area contributed by atoms with Crippen LogP contribution in [0.3, 0.4) is 0 Å². The Morgan fingerprint density at radius 3 is 2.68 bits per heavy atom. The van der Waals surface area contributed by atoms with Gasteiger partial charge in [-0.1, -0.05) is 6.07 Å². The van der Waals surface area contributed by atoms with Gasteiger partial charge in [0, 0.05) is 22.5 Å². The number of thiophene rings is 1. The number of hydrogen-bond donors (Lipinski definition) is 1. The molecule has 0 bridgehead atoms. The Kier molecular flexibility index (Phi) is 4.85. The van der Waals surface area contributed by atoms with Crippen LogP contribution in [0.15, 0.2) is 34.1 Å². The van der Waals surface area contributed by atoms with Crippen LogP contribution in [0.2, 0.25) is 0 Å². The molecule has 102 valence electrons. The molecule has 19 heavy (non-hydrogen) atoms. The van der Waals surface area contributed by atoms with Crippen molar-refractivity contribution < 1.29 is 9.47 Å². The minimum Gasteiger partial charge on any atom is -0.497 e. The lowest BCUT2D eigenvalue weighted by Crippen LogP contribution is -2.08. The average Bonchev–Trinajstić information content (AvgIpc) is 2.81. The predicted octanol–water partition coefficient (Wildman–Crippen LogP) is 4.12. The first-order valence-electron chi connectivity index (χ1n) is 5.90. The lowest BCUT2D eigenvalue weighted by atomic mass is 10.1. The van der Waals surface area contributed by atoms with E-state index in [1.807, 2.05) is 37.3 Å². The molecule has 0 saturated heterocycles. The monoisotopic (exact) mass is 341 g/mol. The Balaban J connectivity index is 2.17. The molecule has 1 unspecified atom stereocenters.